The molecule has 0 heterocycles. The molecule has 0 spiro atoms. The largest absolute Gasteiger partial charge is 0.467 e. The number of oxime groups is 1. The minimum Gasteiger partial charge on any atom is -0.467 e. The maximum absolute atomic E-state index is 12.6. The Balaban J connectivity index is 2.43. The van der Waals surface area contributed by atoms with Gasteiger partial charge in [0.05, 0.1) is 13.3 Å². The van der Waals surface area contributed by atoms with Gasteiger partial charge in [-0.2, -0.15) is 0 Å². The van der Waals surface area contributed by atoms with Gasteiger partial charge in [-0.15, -0.1) is 0 Å². The number of primary amides is 1. The monoisotopic (exact) mass is 367 g/mol. The van der Waals surface area contributed by atoms with Gasteiger partial charge < -0.3 is 21.0 Å². The minimum absolute atomic E-state index is 0.130. The van der Waals surface area contributed by atoms with E-state index in [-0.39, 0.29) is 6.42 Å². The molecular weight excluding hydrogens is 346 g/mol. The molecule has 0 radical (unpaired) electrons. The fourth-order valence-corrected chi connectivity index (χ4v) is 2.73. The summed E-state index contributed by atoms with van der Waals surface area (Å²) in [5.74, 6) is -0.650. The molecule has 2 aromatic carbocycles. The van der Waals surface area contributed by atoms with Crippen molar-refractivity contribution < 1.29 is 19.5 Å². The highest BCUT2D eigenvalue weighted by molar-refractivity contribution is 5.89. The predicted molar refractivity (Wildman–Crippen MR) is 102 cm³/mol. The Morgan fingerprint density at radius 2 is 1.81 bits per heavy atom. The summed E-state index contributed by atoms with van der Waals surface area (Å²) >= 11 is 0. The summed E-state index contributed by atoms with van der Waals surface area (Å²) in [4.78, 5) is 24.3. The van der Waals surface area contributed by atoms with Crippen molar-refractivity contribution in [3.63, 3.8) is 0 Å². The normalized spacial score (nSPS) is 13.4. The zero-order valence-electron chi connectivity index (χ0n) is 14.8. The fraction of sp³-hybridized carbons (Fsp3) is 0.150. The van der Waals surface area contributed by atoms with E-state index in [0.29, 0.717) is 11.1 Å². The van der Waals surface area contributed by atoms with Gasteiger partial charge in [0.15, 0.2) is 5.54 Å². The molecule has 0 bridgehead atoms. The van der Waals surface area contributed by atoms with Crippen LogP contribution < -0.4 is 11.1 Å². The van der Waals surface area contributed by atoms with Gasteiger partial charge in [-0.05, 0) is 16.7 Å². The Labute approximate surface area is 157 Å². The Morgan fingerprint density at radius 1 is 1.15 bits per heavy atom. The molecule has 1 atom stereocenters. The van der Waals surface area contributed by atoms with Crippen molar-refractivity contribution >= 4 is 24.3 Å². The summed E-state index contributed by atoms with van der Waals surface area (Å²) in [5, 5.41) is 14.1. The fourth-order valence-electron chi connectivity index (χ4n) is 2.73. The molecule has 2 rings (SSSR count). The summed E-state index contributed by atoms with van der Waals surface area (Å²) in [6, 6.07) is 15.3. The number of ether oxygens (including phenoxy) is 1. The predicted octanol–water partition coefficient (Wildman–Crippen LogP) is 2.63. The number of carbonyl (C=O) groups excluding carboxylic acids is 2. The van der Waals surface area contributed by atoms with Crippen molar-refractivity contribution in [3.05, 3.63) is 77.4 Å². The van der Waals surface area contributed by atoms with Crippen LogP contribution >= 0.6 is 0 Å². The maximum atomic E-state index is 12.6. The maximum Gasteiger partial charge on any atom is 0.336 e. The molecule has 7 heteroatoms. The molecule has 27 heavy (non-hydrogen) atoms. The van der Waals surface area contributed by atoms with E-state index >= 15 is 0 Å². The first kappa shape index (κ1) is 19.7. The third-order valence-corrected chi connectivity index (χ3v) is 4.01. The van der Waals surface area contributed by atoms with Crippen LogP contribution in [0.5, 0.6) is 0 Å². The van der Waals surface area contributed by atoms with Gasteiger partial charge in [-0.25, -0.2) is 9.59 Å². The quantitative estimate of drug-likeness (QED) is 0.302. The van der Waals surface area contributed by atoms with Gasteiger partial charge in [0.25, 0.3) is 0 Å². The molecule has 7 nitrogen and oxygen atoms in total. The van der Waals surface area contributed by atoms with Crippen molar-refractivity contribution in [1.82, 2.24) is 5.32 Å². The first-order valence-electron chi connectivity index (χ1n) is 8.17. The van der Waals surface area contributed by atoms with Crippen LogP contribution in [-0.4, -0.2) is 30.5 Å². The molecule has 0 aromatic heterocycles. The number of methoxy groups -OCH3 is 1. The highest BCUT2D eigenvalue weighted by atomic mass is 16.5. The molecule has 0 aliphatic carbocycles. The van der Waals surface area contributed by atoms with Gasteiger partial charge >= 0.3 is 12.0 Å². The van der Waals surface area contributed by atoms with Crippen molar-refractivity contribution in [1.29, 1.82) is 0 Å². The lowest BCUT2D eigenvalue weighted by atomic mass is 9.85. The van der Waals surface area contributed by atoms with Gasteiger partial charge in [0, 0.05) is 6.42 Å². The van der Waals surface area contributed by atoms with E-state index in [4.69, 9.17) is 15.7 Å². The zero-order valence-corrected chi connectivity index (χ0v) is 14.8. The first-order chi connectivity index (χ1) is 13.0. The number of rotatable bonds is 7. The number of hydrogen-bond acceptors (Lipinski definition) is 5. The van der Waals surface area contributed by atoms with Crippen molar-refractivity contribution in [2.24, 2.45) is 10.9 Å². The molecule has 0 saturated heterocycles. The number of esters is 1. The van der Waals surface area contributed by atoms with Crippen molar-refractivity contribution in [2.75, 3.05) is 7.11 Å². The van der Waals surface area contributed by atoms with E-state index in [2.05, 4.69) is 10.5 Å². The van der Waals surface area contributed by atoms with E-state index in [1.807, 2.05) is 36.4 Å². The van der Waals surface area contributed by atoms with Gasteiger partial charge in [0.1, 0.15) is 0 Å². The number of nitrogens with two attached hydrogens (primary N) is 1. The first-order valence-corrected chi connectivity index (χ1v) is 8.17. The van der Waals surface area contributed by atoms with E-state index in [9.17, 15) is 9.59 Å². The van der Waals surface area contributed by atoms with Crippen LogP contribution in [0.4, 0.5) is 4.79 Å². The van der Waals surface area contributed by atoms with Crippen LogP contribution in [0.25, 0.3) is 6.08 Å². The second-order valence-corrected chi connectivity index (χ2v) is 5.77. The van der Waals surface area contributed by atoms with Crippen LogP contribution in [0.3, 0.4) is 0 Å². The second-order valence-electron chi connectivity index (χ2n) is 5.77. The summed E-state index contributed by atoms with van der Waals surface area (Å²) in [6.45, 7) is 0. The average molecular weight is 367 g/mol. The number of urea groups is 1. The van der Waals surface area contributed by atoms with E-state index in [0.717, 1.165) is 5.56 Å². The Bertz CT molecular complexity index is 832. The number of amides is 2. The third kappa shape index (κ3) is 4.94. The molecule has 2 amide bonds. The summed E-state index contributed by atoms with van der Waals surface area (Å²) in [5.41, 5.74) is 5.91. The Kier molecular flexibility index (Phi) is 6.71. The minimum atomic E-state index is -1.49. The zero-order chi connectivity index (χ0) is 19.7. The summed E-state index contributed by atoms with van der Waals surface area (Å²) in [7, 11) is 1.24. The molecule has 0 aliphatic rings. The number of nitrogens with zero attached hydrogens (tertiary/aromatic N) is 1. The lowest BCUT2D eigenvalue weighted by molar-refractivity contribution is -0.148. The van der Waals surface area contributed by atoms with Gasteiger partial charge in [-0.3, -0.25) is 0 Å². The van der Waals surface area contributed by atoms with Crippen molar-refractivity contribution in [3.8, 4) is 0 Å². The Hall–Kier alpha value is -3.61. The Morgan fingerprint density at radius 3 is 2.37 bits per heavy atom. The van der Waals surface area contributed by atoms with Crippen LogP contribution in [0.2, 0.25) is 0 Å². The molecule has 1 unspecified atom stereocenters. The van der Waals surface area contributed by atoms with Crippen LogP contribution in [-0.2, 0) is 15.1 Å². The highest BCUT2D eigenvalue weighted by Crippen LogP contribution is 2.28. The molecule has 0 saturated carbocycles. The molecule has 2 aromatic rings. The number of hydrogen-bond donors (Lipinski definition) is 3. The molecule has 4 N–H and O–H groups in total. The van der Waals surface area contributed by atoms with Gasteiger partial charge in [-0.1, -0.05) is 71.9 Å². The van der Waals surface area contributed by atoms with Crippen LogP contribution in [0.15, 0.2) is 65.8 Å². The van der Waals surface area contributed by atoms with E-state index < -0.39 is 17.5 Å². The molecule has 140 valence electrons. The molecule has 0 fully saturated rings. The average Bonchev–Trinajstić information content (AvgIpc) is 2.68. The number of benzene rings is 2. The third-order valence-electron chi connectivity index (χ3n) is 4.01. The number of carbonyl (C=O) groups is 2. The van der Waals surface area contributed by atoms with E-state index in [1.165, 1.54) is 13.3 Å². The topological polar surface area (TPSA) is 114 Å². The highest BCUT2D eigenvalue weighted by Gasteiger charge is 2.41. The summed E-state index contributed by atoms with van der Waals surface area (Å²) in [6.07, 6.45) is 4.99. The summed E-state index contributed by atoms with van der Waals surface area (Å²) < 4.78 is 4.94. The SMILES string of the molecule is COC(=O)C(CC=Cc1ccccc1)(NC(N)=O)c1ccc(C=NO)cc1. The van der Waals surface area contributed by atoms with Crippen molar-refractivity contribution in [2.45, 2.75) is 12.0 Å². The molecular formula is C20H21N3O4. The standard InChI is InChI=1S/C20H21N3O4/c1-27-18(24)20(23-19(21)25,13-5-8-15-6-3-2-4-7-15)17-11-9-16(10-12-17)14-22-26/h2-12,14,26H,13H2,1H3,(H3,21,23,25). The van der Waals surface area contributed by atoms with Crippen LogP contribution in [0.1, 0.15) is 23.1 Å². The number of nitrogens with one attached hydrogen (secondary N) is 1. The van der Waals surface area contributed by atoms with Gasteiger partial charge in [0.2, 0.25) is 0 Å². The lowest BCUT2D eigenvalue weighted by Crippen LogP contribution is -2.54. The lowest BCUT2D eigenvalue weighted by Gasteiger charge is -2.31. The van der Waals surface area contributed by atoms with Crippen LogP contribution in [0, 0.1) is 0 Å². The smallest absolute Gasteiger partial charge is 0.336 e. The molecule has 0 aliphatic heterocycles. The van der Waals surface area contributed by atoms with E-state index in [1.54, 1.807) is 30.3 Å². The second kappa shape index (κ2) is 9.19.